The van der Waals surface area contributed by atoms with Gasteiger partial charge in [0.1, 0.15) is 11.0 Å². The molecule has 26 heavy (non-hydrogen) atoms. The molecule has 1 heterocycles. The third-order valence-electron chi connectivity index (χ3n) is 4.04. The van der Waals surface area contributed by atoms with Gasteiger partial charge in [0.2, 0.25) is 0 Å². The predicted molar refractivity (Wildman–Crippen MR) is 103 cm³/mol. The number of nitrogens with zero attached hydrogens (tertiary/aromatic N) is 4. The highest BCUT2D eigenvalue weighted by molar-refractivity contribution is 6.02. The number of hydrogen-bond acceptors (Lipinski definition) is 4. The van der Waals surface area contributed by atoms with Gasteiger partial charge < -0.3 is 10.0 Å². The summed E-state index contributed by atoms with van der Waals surface area (Å²) in [4.78, 5) is 14.9. The molecule has 0 radical (unpaired) electrons. The summed E-state index contributed by atoms with van der Waals surface area (Å²) in [6.07, 6.45) is 0. The van der Waals surface area contributed by atoms with Crippen molar-refractivity contribution in [1.29, 1.82) is 0 Å². The van der Waals surface area contributed by atoms with Gasteiger partial charge in [0.25, 0.3) is 0 Å². The van der Waals surface area contributed by atoms with Gasteiger partial charge in [0, 0.05) is 24.1 Å². The van der Waals surface area contributed by atoms with E-state index in [4.69, 9.17) is 0 Å². The fourth-order valence-corrected chi connectivity index (χ4v) is 3.02. The molecular weight excluding hydrogens is 328 g/mol. The number of aryl methyl sites for hydroxylation is 1. The molecule has 6 nitrogen and oxygen atoms in total. The van der Waals surface area contributed by atoms with Crippen LogP contribution in [0.25, 0.3) is 22.2 Å². The molecule has 2 aromatic carbocycles. The minimum absolute atomic E-state index is 0.139. The second kappa shape index (κ2) is 6.48. The van der Waals surface area contributed by atoms with Gasteiger partial charge in [-0.2, -0.15) is 15.0 Å². The third-order valence-corrected chi connectivity index (χ3v) is 4.04. The lowest BCUT2D eigenvalue weighted by molar-refractivity contribution is 0.0699. The number of carbonyl (C=O) groups is 1. The van der Waals surface area contributed by atoms with Crippen molar-refractivity contribution < 1.29 is 9.90 Å². The topological polar surface area (TPSA) is 71.2 Å². The molecule has 132 valence electrons. The largest absolute Gasteiger partial charge is 0.478 e. The van der Waals surface area contributed by atoms with Gasteiger partial charge in [-0.05, 0) is 49.2 Å². The first-order valence-corrected chi connectivity index (χ1v) is 8.08. The van der Waals surface area contributed by atoms with E-state index in [0.29, 0.717) is 11.0 Å². The highest BCUT2D eigenvalue weighted by atomic mass is 16.4. The molecule has 0 unspecified atom stereocenters. The molecule has 0 fully saturated rings. The molecule has 3 aromatic rings. The van der Waals surface area contributed by atoms with Crippen LogP contribution in [0.5, 0.6) is 0 Å². The molecule has 0 spiro atoms. The summed E-state index contributed by atoms with van der Waals surface area (Å²) in [6.45, 7) is 11.8. The maximum atomic E-state index is 11.6. The van der Waals surface area contributed by atoms with Crippen LogP contribution in [0, 0.1) is 0 Å². The number of anilines is 1. The van der Waals surface area contributed by atoms with Gasteiger partial charge in [-0.3, -0.25) is 0 Å². The Hall–Kier alpha value is -3.41. The summed E-state index contributed by atoms with van der Waals surface area (Å²) >= 11 is 0. The monoisotopic (exact) mass is 348 g/mol. The molecule has 0 aliphatic heterocycles. The molecule has 1 aromatic heterocycles. The fraction of sp³-hybridized carbons (Fsp3) is 0.150. The average Bonchev–Trinajstić information content (AvgIpc) is 2.93. The number of fused-ring (bicyclic) bond motifs is 1. The van der Waals surface area contributed by atoms with Crippen LogP contribution < -0.4 is 4.90 Å². The molecule has 1 N–H and O–H groups in total. The van der Waals surface area contributed by atoms with Gasteiger partial charge in [0.05, 0.1) is 5.56 Å². The van der Waals surface area contributed by atoms with Gasteiger partial charge in [-0.15, -0.1) is 0 Å². The predicted octanol–water partition coefficient (Wildman–Crippen LogP) is 4.21. The van der Waals surface area contributed by atoms with Crippen molar-refractivity contribution in [1.82, 2.24) is 15.0 Å². The zero-order valence-corrected chi connectivity index (χ0v) is 15.0. The van der Waals surface area contributed by atoms with Gasteiger partial charge in [0.15, 0.2) is 0 Å². The second-order valence-corrected chi connectivity index (χ2v) is 6.24. The first kappa shape index (κ1) is 17.4. The number of rotatable bonds is 5. The lowest BCUT2D eigenvalue weighted by Crippen LogP contribution is -2.16. The molecule has 0 bridgehead atoms. The van der Waals surface area contributed by atoms with E-state index in [1.807, 2.05) is 49.1 Å². The smallest absolute Gasteiger partial charge is 0.338 e. The standard InChI is InChI=1S/C20H20N4O2/c1-12(2)24(13(3)4)16-8-6-14(7-9-16)15-10-17(20(25)26)19-18(11-15)21-23(5)22-19/h6-11H,1,3H2,2,4-5H3,(H,25,26). The first-order chi connectivity index (χ1) is 12.3. The van der Waals surface area contributed by atoms with Crippen LogP contribution in [0.4, 0.5) is 5.69 Å². The van der Waals surface area contributed by atoms with Crippen LogP contribution in [0.2, 0.25) is 0 Å². The first-order valence-electron chi connectivity index (χ1n) is 8.08. The third kappa shape index (κ3) is 3.09. The number of aromatic carboxylic acids is 1. The number of hydrogen-bond donors (Lipinski definition) is 1. The number of carboxylic acid groups (broad SMARTS) is 1. The summed E-state index contributed by atoms with van der Waals surface area (Å²) < 4.78 is 0. The molecule has 0 aliphatic carbocycles. The van der Waals surface area contributed by atoms with E-state index in [2.05, 4.69) is 23.4 Å². The molecule has 6 heteroatoms. The summed E-state index contributed by atoms with van der Waals surface area (Å²) in [6, 6.07) is 11.3. The molecule has 0 atom stereocenters. The Kier molecular flexibility index (Phi) is 4.34. The maximum Gasteiger partial charge on any atom is 0.338 e. The Labute approximate surface area is 151 Å². The van der Waals surface area contributed by atoms with Crippen molar-refractivity contribution in [3.8, 4) is 11.1 Å². The van der Waals surface area contributed by atoms with Gasteiger partial charge in [-0.25, -0.2) is 4.79 Å². The number of carboxylic acids is 1. The Bertz CT molecular complexity index is 1020. The SMILES string of the molecule is C=C(C)N(C(=C)C)c1ccc(-c2cc(C(=O)O)c3nn(C)nc3c2)cc1. The second-order valence-electron chi connectivity index (χ2n) is 6.24. The quantitative estimate of drug-likeness (QED) is 0.748. The van der Waals surface area contributed by atoms with Crippen molar-refractivity contribution in [2.45, 2.75) is 13.8 Å². The van der Waals surface area contributed by atoms with Crippen molar-refractivity contribution >= 4 is 22.7 Å². The van der Waals surface area contributed by atoms with Crippen molar-refractivity contribution in [3.63, 3.8) is 0 Å². The lowest BCUT2D eigenvalue weighted by Gasteiger charge is -2.25. The minimum Gasteiger partial charge on any atom is -0.478 e. The highest BCUT2D eigenvalue weighted by Crippen LogP contribution is 2.29. The van der Waals surface area contributed by atoms with E-state index in [1.165, 1.54) is 4.80 Å². The summed E-state index contributed by atoms with van der Waals surface area (Å²) in [5, 5.41) is 17.9. The Morgan fingerprint density at radius 3 is 2.19 bits per heavy atom. The summed E-state index contributed by atoms with van der Waals surface area (Å²) in [5.74, 6) is -1.02. The minimum atomic E-state index is -1.02. The fourth-order valence-electron chi connectivity index (χ4n) is 3.02. The van der Waals surface area contributed by atoms with E-state index in [1.54, 1.807) is 13.1 Å². The van der Waals surface area contributed by atoms with E-state index >= 15 is 0 Å². The van der Waals surface area contributed by atoms with E-state index < -0.39 is 5.97 Å². The van der Waals surface area contributed by atoms with E-state index in [9.17, 15) is 9.90 Å². The molecule has 0 amide bonds. The molecule has 0 saturated heterocycles. The molecule has 0 aliphatic rings. The Morgan fingerprint density at radius 2 is 1.65 bits per heavy atom. The van der Waals surface area contributed by atoms with Crippen LogP contribution in [-0.4, -0.2) is 26.1 Å². The van der Waals surface area contributed by atoms with Gasteiger partial charge in [-0.1, -0.05) is 25.3 Å². The van der Waals surface area contributed by atoms with E-state index in [-0.39, 0.29) is 5.56 Å². The summed E-state index contributed by atoms with van der Waals surface area (Å²) in [7, 11) is 1.67. The van der Waals surface area contributed by atoms with Crippen molar-refractivity contribution in [2.75, 3.05) is 4.90 Å². The Balaban J connectivity index is 2.08. The Morgan fingerprint density at radius 1 is 1.04 bits per heavy atom. The number of allylic oxidation sites excluding steroid dienone is 2. The zero-order chi connectivity index (χ0) is 19.0. The van der Waals surface area contributed by atoms with Crippen molar-refractivity contribution in [2.24, 2.45) is 7.05 Å². The van der Waals surface area contributed by atoms with E-state index in [0.717, 1.165) is 28.2 Å². The number of aromatic nitrogens is 3. The average molecular weight is 348 g/mol. The lowest BCUT2D eigenvalue weighted by atomic mass is 10.0. The molecule has 0 saturated carbocycles. The van der Waals surface area contributed by atoms with Crippen LogP contribution >= 0.6 is 0 Å². The molecular formula is C20H20N4O2. The van der Waals surface area contributed by atoms with Crippen LogP contribution in [-0.2, 0) is 7.05 Å². The van der Waals surface area contributed by atoms with Crippen LogP contribution in [0.15, 0.2) is 61.0 Å². The van der Waals surface area contributed by atoms with Gasteiger partial charge >= 0.3 is 5.97 Å². The highest BCUT2D eigenvalue weighted by Gasteiger charge is 2.16. The van der Waals surface area contributed by atoms with Crippen LogP contribution in [0.3, 0.4) is 0 Å². The number of benzene rings is 2. The van der Waals surface area contributed by atoms with Crippen LogP contribution in [0.1, 0.15) is 24.2 Å². The maximum absolute atomic E-state index is 11.6. The zero-order valence-electron chi connectivity index (χ0n) is 15.0. The normalized spacial score (nSPS) is 10.7. The summed E-state index contributed by atoms with van der Waals surface area (Å²) in [5.41, 5.74) is 5.45. The van der Waals surface area contributed by atoms with Crippen molar-refractivity contribution in [3.05, 3.63) is 66.5 Å². The molecule has 3 rings (SSSR count).